The number of hydrogen-bond donors (Lipinski definition) is 2. The topological polar surface area (TPSA) is 106 Å². The Balaban J connectivity index is 1.64. The number of methoxy groups -OCH3 is 1. The van der Waals surface area contributed by atoms with Crippen molar-refractivity contribution >= 4 is 27.9 Å². The predicted octanol–water partition coefficient (Wildman–Crippen LogP) is 3.95. The third-order valence-electron chi connectivity index (χ3n) is 4.91. The first-order valence-corrected chi connectivity index (χ1v) is 11.9. The van der Waals surface area contributed by atoms with Gasteiger partial charge in [-0.2, -0.15) is 13.5 Å². The van der Waals surface area contributed by atoms with Gasteiger partial charge in [0.05, 0.1) is 19.9 Å². The average molecular weight is 482 g/mol. The van der Waals surface area contributed by atoms with Gasteiger partial charge in [-0.1, -0.05) is 29.8 Å². The summed E-state index contributed by atoms with van der Waals surface area (Å²) < 4.78 is 36.2. The van der Waals surface area contributed by atoms with Gasteiger partial charge < -0.3 is 14.2 Å². The van der Waals surface area contributed by atoms with Crippen molar-refractivity contribution in [1.82, 2.24) is 5.43 Å². The highest BCUT2D eigenvalue weighted by atomic mass is 32.2. The minimum absolute atomic E-state index is 0.0480. The van der Waals surface area contributed by atoms with E-state index in [9.17, 15) is 13.2 Å². The van der Waals surface area contributed by atoms with E-state index >= 15 is 0 Å². The summed E-state index contributed by atoms with van der Waals surface area (Å²) >= 11 is 0. The Morgan fingerprint density at radius 3 is 2.35 bits per heavy atom. The summed E-state index contributed by atoms with van der Waals surface area (Å²) in [6.07, 6.45) is 1.43. The number of rotatable bonds is 9. The van der Waals surface area contributed by atoms with Crippen LogP contribution in [0.4, 0.5) is 5.69 Å². The molecule has 0 aromatic heterocycles. The highest BCUT2D eigenvalue weighted by Crippen LogP contribution is 2.31. The van der Waals surface area contributed by atoms with E-state index in [1.807, 2.05) is 44.2 Å². The molecule has 178 valence electrons. The van der Waals surface area contributed by atoms with Crippen molar-refractivity contribution in [3.05, 3.63) is 82.9 Å². The maximum atomic E-state index is 12.8. The van der Waals surface area contributed by atoms with Crippen LogP contribution in [0.1, 0.15) is 22.3 Å². The number of anilines is 1. The monoisotopic (exact) mass is 481 g/mol. The number of benzene rings is 3. The van der Waals surface area contributed by atoms with Crippen LogP contribution in [0.25, 0.3) is 0 Å². The van der Waals surface area contributed by atoms with Gasteiger partial charge in [-0.25, -0.2) is 5.43 Å². The van der Waals surface area contributed by atoms with Crippen molar-refractivity contribution in [3.8, 4) is 11.5 Å². The molecule has 0 saturated carbocycles. The first kappa shape index (κ1) is 24.8. The summed E-state index contributed by atoms with van der Waals surface area (Å²) in [6.45, 7) is 5.57. The molecule has 34 heavy (non-hydrogen) atoms. The molecule has 0 spiro atoms. The third-order valence-corrected chi connectivity index (χ3v) is 6.29. The normalized spacial score (nSPS) is 11.3. The number of hydrogen-bond acceptors (Lipinski definition) is 7. The van der Waals surface area contributed by atoms with Crippen molar-refractivity contribution in [3.63, 3.8) is 0 Å². The Bertz CT molecular complexity index is 1300. The minimum atomic E-state index is -4.05. The lowest BCUT2D eigenvalue weighted by Gasteiger charge is -2.13. The molecule has 1 amide bonds. The number of carbonyl (C=O) groups is 1. The van der Waals surface area contributed by atoms with Crippen molar-refractivity contribution in [2.24, 2.45) is 5.10 Å². The highest BCUT2D eigenvalue weighted by molar-refractivity contribution is 7.87. The smallest absolute Gasteiger partial charge is 0.339 e. The number of carbonyl (C=O) groups excluding carboxylic acids is 1. The molecule has 0 radical (unpaired) electrons. The quantitative estimate of drug-likeness (QED) is 0.272. The van der Waals surface area contributed by atoms with E-state index in [0.717, 1.165) is 16.8 Å². The molecule has 0 heterocycles. The molecular formula is C25H27N3O5S. The molecule has 0 bridgehead atoms. The van der Waals surface area contributed by atoms with Crippen LogP contribution in [0.2, 0.25) is 0 Å². The van der Waals surface area contributed by atoms with Gasteiger partial charge in [0, 0.05) is 5.69 Å². The third kappa shape index (κ3) is 6.58. The summed E-state index contributed by atoms with van der Waals surface area (Å²) in [5.41, 5.74) is 6.38. The van der Waals surface area contributed by atoms with Crippen molar-refractivity contribution in [1.29, 1.82) is 0 Å². The van der Waals surface area contributed by atoms with Crippen molar-refractivity contribution in [2.45, 2.75) is 25.7 Å². The molecular weight excluding hydrogens is 454 g/mol. The lowest BCUT2D eigenvalue weighted by molar-refractivity contribution is -0.119. The van der Waals surface area contributed by atoms with Crippen LogP contribution in [0.3, 0.4) is 0 Å². The Labute approximate surface area is 199 Å². The molecule has 0 fully saturated rings. The second kappa shape index (κ2) is 10.8. The molecule has 9 heteroatoms. The predicted molar refractivity (Wildman–Crippen MR) is 132 cm³/mol. The van der Waals surface area contributed by atoms with E-state index in [0.29, 0.717) is 11.1 Å². The van der Waals surface area contributed by atoms with Crippen molar-refractivity contribution < 1.29 is 22.1 Å². The fourth-order valence-electron chi connectivity index (χ4n) is 3.05. The molecule has 0 unspecified atom stereocenters. The Morgan fingerprint density at radius 2 is 1.65 bits per heavy atom. The number of amides is 1. The molecule has 0 aliphatic rings. The van der Waals surface area contributed by atoms with E-state index < -0.39 is 10.1 Å². The van der Waals surface area contributed by atoms with Crippen LogP contribution in [0.15, 0.2) is 70.7 Å². The maximum Gasteiger partial charge on any atom is 0.339 e. The minimum Gasteiger partial charge on any atom is -0.493 e. The maximum absolute atomic E-state index is 12.8. The molecule has 0 atom stereocenters. The lowest BCUT2D eigenvalue weighted by atomic mass is 10.2. The van der Waals surface area contributed by atoms with Crippen molar-refractivity contribution in [2.75, 3.05) is 19.0 Å². The van der Waals surface area contributed by atoms with E-state index in [1.54, 1.807) is 31.2 Å². The van der Waals surface area contributed by atoms with Gasteiger partial charge in [-0.3, -0.25) is 4.79 Å². The molecule has 0 aliphatic carbocycles. The van der Waals surface area contributed by atoms with Gasteiger partial charge in [0.1, 0.15) is 4.90 Å². The summed E-state index contributed by atoms with van der Waals surface area (Å²) in [5.74, 6) is -0.0551. The average Bonchev–Trinajstić information content (AvgIpc) is 2.81. The van der Waals surface area contributed by atoms with E-state index in [1.165, 1.54) is 19.4 Å². The largest absolute Gasteiger partial charge is 0.493 e. The van der Waals surface area contributed by atoms with E-state index in [4.69, 9.17) is 8.92 Å². The summed E-state index contributed by atoms with van der Waals surface area (Å²) in [6, 6.07) is 17.5. The van der Waals surface area contributed by atoms with Crippen LogP contribution in [0, 0.1) is 20.8 Å². The van der Waals surface area contributed by atoms with Crippen LogP contribution in [-0.2, 0) is 14.9 Å². The number of nitrogens with zero attached hydrogens (tertiary/aromatic N) is 1. The van der Waals surface area contributed by atoms with Gasteiger partial charge in [0.25, 0.3) is 5.91 Å². The number of nitrogens with one attached hydrogen (secondary N) is 2. The van der Waals surface area contributed by atoms with Crippen LogP contribution in [0.5, 0.6) is 11.5 Å². The van der Waals surface area contributed by atoms with Crippen LogP contribution < -0.4 is 19.7 Å². The van der Waals surface area contributed by atoms with Gasteiger partial charge in [-0.05, 0) is 73.9 Å². The summed E-state index contributed by atoms with van der Waals surface area (Å²) in [5, 5.41) is 6.95. The molecule has 2 N–H and O–H groups in total. The Morgan fingerprint density at radius 1 is 0.941 bits per heavy atom. The van der Waals surface area contributed by atoms with Gasteiger partial charge in [0.2, 0.25) is 0 Å². The summed E-state index contributed by atoms with van der Waals surface area (Å²) in [4.78, 5) is 12.1. The first-order chi connectivity index (χ1) is 16.2. The van der Waals surface area contributed by atoms with E-state index in [-0.39, 0.29) is 28.8 Å². The lowest BCUT2D eigenvalue weighted by Crippen LogP contribution is -2.25. The molecule has 3 aromatic rings. The fraction of sp³-hybridized carbons (Fsp3) is 0.200. The van der Waals surface area contributed by atoms with Gasteiger partial charge in [0.15, 0.2) is 11.5 Å². The number of ether oxygens (including phenoxy) is 1. The zero-order chi connectivity index (χ0) is 24.7. The van der Waals surface area contributed by atoms with Crippen LogP contribution >= 0.6 is 0 Å². The Kier molecular flexibility index (Phi) is 7.91. The SMILES string of the molecule is COc1cc(C=NNC(=O)CNc2ccc(C)cc2)ccc1OS(=O)(=O)c1cc(C)ccc1C. The van der Waals surface area contributed by atoms with E-state index in [2.05, 4.69) is 15.8 Å². The fourth-order valence-corrected chi connectivity index (χ4v) is 4.30. The van der Waals surface area contributed by atoms with Crippen LogP contribution in [-0.4, -0.2) is 34.2 Å². The highest BCUT2D eigenvalue weighted by Gasteiger charge is 2.21. The molecule has 3 rings (SSSR count). The zero-order valence-electron chi connectivity index (χ0n) is 19.5. The standard InChI is InChI=1S/C25H27N3O5S/c1-17-6-10-21(11-7-17)26-16-25(29)28-27-15-20-9-12-22(23(14-20)32-4)33-34(30,31)24-13-18(2)5-8-19(24)3/h5-15,26H,16H2,1-4H3,(H,28,29). The Hall–Kier alpha value is -3.85. The zero-order valence-corrected chi connectivity index (χ0v) is 20.3. The number of aryl methyl sites for hydroxylation is 3. The summed E-state index contributed by atoms with van der Waals surface area (Å²) in [7, 11) is -2.64. The second-order valence-corrected chi connectivity index (χ2v) is 9.24. The second-order valence-electron chi connectivity index (χ2n) is 7.73. The molecule has 8 nitrogen and oxygen atoms in total. The van der Waals surface area contributed by atoms with Gasteiger partial charge in [-0.15, -0.1) is 0 Å². The first-order valence-electron chi connectivity index (χ1n) is 10.5. The number of hydrazone groups is 1. The van der Waals surface area contributed by atoms with Gasteiger partial charge >= 0.3 is 10.1 Å². The molecule has 3 aromatic carbocycles. The molecule has 0 saturated heterocycles. The molecule has 0 aliphatic heterocycles.